The van der Waals surface area contributed by atoms with Crippen LogP contribution in [0, 0.1) is 0 Å². The smallest absolute Gasteiger partial charge is 0.180 e. The summed E-state index contributed by atoms with van der Waals surface area (Å²) in [6, 6.07) is 3.35. The van der Waals surface area contributed by atoms with Crippen LogP contribution >= 0.6 is 11.6 Å². The first kappa shape index (κ1) is 11.2. The van der Waals surface area contributed by atoms with Crippen molar-refractivity contribution in [3.8, 4) is 11.5 Å². The molecular weight excluding hydrogens is 230 g/mol. The maximum absolute atomic E-state index is 11.7. The van der Waals surface area contributed by atoms with Crippen molar-refractivity contribution in [3.63, 3.8) is 0 Å². The molecule has 0 aliphatic carbocycles. The fraction of sp³-hybridized carbons (Fsp3) is 0.364. The van der Waals surface area contributed by atoms with E-state index in [1.165, 1.54) is 0 Å². The highest BCUT2D eigenvalue weighted by molar-refractivity contribution is 6.35. The van der Waals surface area contributed by atoms with Crippen molar-refractivity contribution in [1.29, 1.82) is 0 Å². The summed E-state index contributed by atoms with van der Waals surface area (Å²) in [5.74, 6) is 0.959. The van der Waals surface area contributed by atoms with Gasteiger partial charge in [0.25, 0.3) is 0 Å². The monoisotopic (exact) mass is 241 g/mol. The molecule has 1 aliphatic rings. The Morgan fingerprint density at radius 3 is 2.88 bits per heavy atom. The van der Waals surface area contributed by atoms with Crippen LogP contribution in [0.5, 0.6) is 11.5 Å². The van der Waals surface area contributed by atoms with Gasteiger partial charge in [-0.25, -0.2) is 0 Å². The van der Waals surface area contributed by atoms with Gasteiger partial charge >= 0.3 is 0 Å². The normalized spacial score (nSPS) is 13.6. The summed E-state index contributed by atoms with van der Waals surface area (Å²) >= 11 is 6.09. The highest BCUT2D eigenvalue weighted by atomic mass is 35.5. The van der Waals surface area contributed by atoms with E-state index in [9.17, 15) is 4.79 Å². The van der Waals surface area contributed by atoms with Crippen LogP contribution in [-0.4, -0.2) is 25.5 Å². The van der Waals surface area contributed by atoms with Gasteiger partial charge in [0.15, 0.2) is 17.3 Å². The van der Waals surface area contributed by atoms with E-state index in [0.717, 1.165) is 0 Å². The van der Waals surface area contributed by atoms with E-state index in [4.69, 9.17) is 26.8 Å². The molecule has 2 N–H and O–H groups in total. The van der Waals surface area contributed by atoms with Crippen molar-refractivity contribution in [2.45, 2.75) is 6.42 Å². The number of carbonyl (C=O) groups is 1. The Kier molecular flexibility index (Phi) is 3.31. The Hall–Kier alpha value is -1.26. The summed E-state index contributed by atoms with van der Waals surface area (Å²) in [6.45, 7) is 1.25. The van der Waals surface area contributed by atoms with Crippen molar-refractivity contribution in [2.75, 3.05) is 19.8 Å². The molecule has 1 heterocycles. The predicted octanol–water partition coefficient (Wildman–Crippen LogP) is 1.64. The number of fused-ring (bicyclic) bond motifs is 1. The fourth-order valence-corrected chi connectivity index (χ4v) is 1.88. The van der Waals surface area contributed by atoms with Gasteiger partial charge in [0, 0.05) is 12.0 Å². The van der Waals surface area contributed by atoms with Gasteiger partial charge < -0.3 is 15.2 Å². The Morgan fingerprint density at radius 1 is 1.38 bits per heavy atom. The summed E-state index contributed by atoms with van der Waals surface area (Å²) in [6.07, 6.45) is 0.277. The molecule has 2 rings (SSSR count). The zero-order chi connectivity index (χ0) is 11.5. The van der Waals surface area contributed by atoms with Crippen molar-refractivity contribution in [3.05, 3.63) is 22.7 Å². The number of Topliss-reactive ketones (excluding diaryl/α,β-unsaturated/α-hetero) is 1. The van der Waals surface area contributed by atoms with E-state index in [-0.39, 0.29) is 12.2 Å². The molecule has 0 bridgehead atoms. The lowest BCUT2D eigenvalue weighted by Gasteiger charge is -2.20. The number of ether oxygens (including phenoxy) is 2. The maximum Gasteiger partial charge on any atom is 0.180 e. The molecule has 4 nitrogen and oxygen atoms in total. The molecule has 0 spiro atoms. The maximum atomic E-state index is 11.7. The summed E-state index contributed by atoms with van der Waals surface area (Å²) in [5, 5.41) is 0.315. The number of halogens is 1. The Morgan fingerprint density at radius 2 is 2.12 bits per heavy atom. The lowest BCUT2D eigenvalue weighted by Crippen LogP contribution is -2.17. The predicted molar refractivity (Wildman–Crippen MR) is 60.4 cm³/mol. The number of hydrogen-bond acceptors (Lipinski definition) is 4. The van der Waals surface area contributed by atoms with Gasteiger partial charge in [0.1, 0.15) is 13.2 Å². The SMILES string of the molecule is NCCC(=O)c1ccc2c(c1Cl)OCCO2. The second kappa shape index (κ2) is 4.72. The van der Waals surface area contributed by atoms with Gasteiger partial charge in [-0.3, -0.25) is 4.79 Å². The van der Waals surface area contributed by atoms with E-state index in [1.54, 1.807) is 12.1 Å². The molecular formula is C11H12ClNO3. The van der Waals surface area contributed by atoms with E-state index in [1.807, 2.05) is 0 Å². The van der Waals surface area contributed by atoms with E-state index in [0.29, 0.717) is 41.8 Å². The van der Waals surface area contributed by atoms with Gasteiger partial charge in [-0.2, -0.15) is 0 Å². The molecule has 5 heteroatoms. The van der Waals surface area contributed by atoms with Crippen LogP contribution < -0.4 is 15.2 Å². The standard InChI is InChI=1S/C11H12ClNO3/c12-10-7(8(14)3-4-13)1-2-9-11(10)16-6-5-15-9/h1-2H,3-6,13H2. The molecule has 0 fully saturated rings. The van der Waals surface area contributed by atoms with Crippen molar-refractivity contribution >= 4 is 17.4 Å². The molecule has 0 saturated heterocycles. The molecule has 0 radical (unpaired) electrons. The molecule has 0 atom stereocenters. The lowest BCUT2D eigenvalue weighted by atomic mass is 10.1. The molecule has 0 amide bonds. The second-order valence-corrected chi connectivity index (χ2v) is 3.79. The van der Waals surface area contributed by atoms with Gasteiger partial charge in [-0.15, -0.1) is 0 Å². The fourth-order valence-electron chi connectivity index (χ4n) is 1.56. The topological polar surface area (TPSA) is 61.6 Å². The first-order chi connectivity index (χ1) is 7.74. The van der Waals surface area contributed by atoms with Gasteiger partial charge in [0.2, 0.25) is 0 Å². The van der Waals surface area contributed by atoms with Crippen molar-refractivity contribution in [1.82, 2.24) is 0 Å². The van der Waals surface area contributed by atoms with Gasteiger partial charge in [-0.1, -0.05) is 11.6 Å². The first-order valence-electron chi connectivity index (χ1n) is 5.05. The Labute approximate surface area is 98.3 Å². The zero-order valence-corrected chi connectivity index (χ0v) is 9.42. The number of benzene rings is 1. The minimum Gasteiger partial charge on any atom is -0.486 e. The zero-order valence-electron chi connectivity index (χ0n) is 8.66. The third kappa shape index (κ3) is 1.99. The summed E-state index contributed by atoms with van der Waals surface area (Å²) < 4.78 is 10.7. The van der Waals surface area contributed by atoms with Gasteiger partial charge in [0.05, 0.1) is 5.02 Å². The quantitative estimate of drug-likeness (QED) is 0.818. The third-order valence-electron chi connectivity index (χ3n) is 2.32. The summed E-state index contributed by atoms with van der Waals surface area (Å²) in [7, 11) is 0. The molecule has 1 aliphatic heterocycles. The van der Waals surface area contributed by atoms with E-state index < -0.39 is 0 Å². The molecule has 0 unspecified atom stereocenters. The first-order valence-corrected chi connectivity index (χ1v) is 5.43. The van der Waals surface area contributed by atoms with Crippen LogP contribution in [0.4, 0.5) is 0 Å². The summed E-state index contributed by atoms with van der Waals surface area (Å²) in [4.78, 5) is 11.7. The Balaban J connectivity index is 2.37. The number of rotatable bonds is 3. The average molecular weight is 242 g/mol. The molecule has 0 saturated carbocycles. The van der Waals surface area contributed by atoms with E-state index in [2.05, 4.69) is 0 Å². The number of ketones is 1. The molecule has 1 aromatic carbocycles. The van der Waals surface area contributed by atoms with Crippen LogP contribution in [0.1, 0.15) is 16.8 Å². The largest absolute Gasteiger partial charge is 0.486 e. The molecule has 86 valence electrons. The number of carbonyl (C=O) groups excluding carboxylic acids is 1. The molecule has 0 aromatic heterocycles. The number of hydrogen-bond donors (Lipinski definition) is 1. The lowest BCUT2D eigenvalue weighted by molar-refractivity contribution is 0.0984. The highest BCUT2D eigenvalue weighted by Crippen LogP contribution is 2.39. The van der Waals surface area contributed by atoms with Crippen LogP contribution in [0.3, 0.4) is 0 Å². The highest BCUT2D eigenvalue weighted by Gasteiger charge is 2.20. The minimum atomic E-state index is -0.0792. The number of nitrogens with two attached hydrogens (primary N) is 1. The van der Waals surface area contributed by atoms with Crippen LogP contribution in [0.25, 0.3) is 0 Å². The molecule has 1 aromatic rings. The van der Waals surface area contributed by atoms with Crippen LogP contribution in [-0.2, 0) is 0 Å². The van der Waals surface area contributed by atoms with Crippen molar-refractivity contribution in [2.24, 2.45) is 5.73 Å². The second-order valence-electron chi connectivity index (χ2n) is 3.41. The minimum absolute atomic E-state index is 0.0792. The van der Waals surface area contributed by atoms with Gasteiger partial charge in [-0.05, 0) is 18.7 Å². The van der Waals surface area contributed by atoms with Crippen LogP contribution in [0.15, 0.2) is 12.1 Å². The Bertz CT molecular complexity index is 420. The third-order valence-corrected chi connectivity index (χ3v) is 2.70. The molecule has 16 heavy (non-hydrogen) atoms. The van der Waals surface area contributed by atoms with Crippen molar-refractivity contribution < 1.29 is 14.3 Å². The van der Waals surface area contributed by atoms with Crippen LogP contribution in [0.2, 0.25) is 5.02 Å². The van der Waals surface area contributed by atoms with E-state index >= 15 is 0 Å². The summed E-state index contributed by atoms with van der Waals surface area (Å²) in [5.41, 5.74) is 5.78. The average Bonchev–Trinajstić information content (AvgIpc) is 2.30.